The molecule has 506 valence electrons. The van der Waals surface area contributed by atoms with Gasteiger partial charge >= 0.3 is 25.0 Å². The molecule has 0 heterocycles. The Hall–Kier alpha value is -8.17. The van der Waals surface area contributed by atoms with Crippen LogP contribution in [0.15, 0.2) is 159 Å². The van der Waals surface area contributed by atoms with Gasteiger partial charge in [0.15, 0.2) is 5.78 Å². The minimum Gasteiger partial charge on any atom is -0.465 e. The third kappa shape index (κ3) is 15.7. The first-order valence-electron chi connectivity index (χ1n) is 32.9. The van der Waals surface area contributed by atoms with Gasteiger partial charge in [-0.1, -0.05) is 210 Å². The highest BCUT2D eigenvalue weighted by Crippen LogP contribution is 2.37. The number of carbonyl (C=O) groups excluding carboxylic acids is 4. The number of carbonyl (C=O) groups is 4. The molecular weight excluding hydrogens is 1430 g/mol. The molecule has 0 radical (unpaired) electrons. The van der Waals surface area contributed by atoms with Crippen molar-refractivity contribution < 1.29 is 43.4 Å². The molecule has 9 nitrogen and oxygen atoms in total. The zero-order valence-electron chi connectivity index (χ0n) is 60.5. The molecule has 0 saturated carbocycles. The molecular formula is C84H86B3Br3O9. The van der Waals surface area contributed by atoms with E-state index in [4.69, 9.17) is 24.3 Å². The Morgan fingerprint density at radius 2 is 0.515 bits per heavy atom. The van der Waals surface area contributed by atoms with Crippen LogP contribution in [0.3, 0.4) is 0 Å². The van der Waals surface area contributed by atoms with Crippen molar-refractivity contribution in [2.24, 2.45) is 0 Å². The van der Waals surface area contributed by atoms with Crippen LogP contribution in [0.5, 0.6) is 0 Å². The lowest BCUT2D eigenvalue weighted by Crippen LogP contribution is -2.58. The van der Waals surface area contributed by atoms with Crippen LogP contribution in [0.1, 0.15) is 137 Å². The third-order valence-corrected chi connectivity index (χ3v) is 22.8. The summed E-state index contributed by atoms with van der Waals surface area (Å²) in [5.41, 5.74) is 37.1. The van der Waals surface area contributed by atoms with Gasteiger partial charge in [-0.15, -0.1) is 0 Å². The molecule has 0 atom stereocenters. The molecule has 99 heavy (non-hydrogen) atoms. The molecule has 15 heteroatoms. The fraction of sp³-hybridized carbons (Fsp3) is 0.238. The zero-order chi connectivity index (χ0) is 72.9. The molecule has 0 aliphatic carbocycles. The molecule has 0 aromatic heterocycles. The highest BCUT2D eigenvalue weighted by molar-refractivity contribution is 9.11. The summed E-state index contributed by atoms with van der Waals surface area (Å²) in [5, 5.41) is 17.4. The monoisotopic (exact) mass is 1510 g/mol. The van der Waals surface area contributed by atoms with Gasteiger partial charge in [0.1, 0.15) is 0 Å². The number of halogens is 3. The van der Waals surface area contributed by atoms with Crippen molar-refractivity contribution in [3.8, 4) is 33.4 Å². The Labute approximate surface area is 611 Å². The fourth-order valence-electron chi connectivity index (χ4n) is 14.2. The van der Waals surface area contributed by atoms with Crippen LogP contribution in [-0.2, 0) is 14.2 Å². The van der Waals surface area contributed by atoms with E-state index in [0.717, 1.165) is 25.6 Å². The molecule has 0 fully saturated rings. The largest absolute Gasteiger partial charge is 0.488 e. The first-order valence-corrected chi connectivity index (χ1v) is 35.3. The second-order valence-corrected chi connectivity index (χ2v) is 28.4. The van der Waals surface area contributed by atoms with Gasteiger partial charge in [-0.3, -0.25) is 4.79 Å². The van der Waals surface area contributed by atoms with E-state index in [2.05, 4.69) is 207 Å². The smallest absolute Gasteiger partial charge is 0.465 e. The van der Waals surface area contributed by atoms with Crippen molar-refractivity contribution in [2.45, 2.75) is 118 Å². The molecule has 0 aliphatic heterocycles. The molecule has 2 N–H and O–H groups in total. The second kappa shape index (κ2) is 32.4. The number of ketones is 1. The predicted octanol–water partition coefficient (Wildman–Crippen LogP) is 15.6. The van der Waals surface area contributed by atoms with Gasteiger partial charge in [0.05, 0.1) is 38.0 Å². The Morgan fingerprint density at radius 3 is 0.747 bits per heavy atom. The van der Waals surface area contributed by atoms with Crippen molar-refractivity contribution >= 4 is 130 Å². The van der Waals surface area contributed by atoms with Crippen molar-refractivity contribution in [1.29, 1.82) is 0 Å². The van der Waals surface area contributed by atoms with Crippen LogP contribution in [-0.4, -0.2) is 75.6 Å². The van der Waals surface area contributed by atoms with Crippen molar-refractivity contribution in [2.75, 3.05) is 21.3 Å². The van der Waals surface area contributed by atoms with Crippen LogP contribution >= 0.6 is 47.8 Å². The lowest BCUT2D eigenvalue weighted by atomic mass is 9.32. The number of hydrogen-bond acceptors (Lipinski definition) is 9. The maximum Gasteiger partial charge on any atom is 0.488 e. The topological polar surface area (TPSA) is 136 Å². The Morgan fingerprint density at radius 1 is 0.293 bits per heavy atom. The molecule has 10 aromatic carbocycles. The van der Waals surface area contributed by atoms with E-state index in [0.29, 0.717) is 27.7 Å². The number of benzene rings is 10. The van der Waals surface area contributed by atoms with Gasteiger partial charge in [0.2, 0.25) is 13.4 Å². The first kappa shape index (κ1) is 76.6. The first-order chi connectivity index (χ1) is 46.8. The molecule has 0 amide bonds. The molecule has 0 aliphatic rings. The van der Waals surface area contributed by atoms with Crippen molar-refractivity contribution in [3.05, 3.63) is 270 Å². The quantitative estimate of drug-likeness (QED) is 0.0472. The van der Waals surface area contributed by atoms with E-state index in [1.54, 1.807) is 12.1 Å². The van der Waals surface area contributed by atoms with E-state index in [1.807, 2.05) is 72.8 Å². The Bertz CT molecular complexity index is 4270. The average molecular weight is 1510 g/mol. The van der Waals surface area contributed by atoms with Crippen LogP contribution in [0, 0.1) is 111 Å². The van der Waals surface area contributed by atoms with Gasteiger partial charge in [-0.2, -0.15) is 0 Å². The third-order valence-electron chi connectivity index (χ3n) is 20.6. The van der Waals surface area contributed by atoms with Crippen LogP contribution in [0.2, 0.25) is 0 Å². The van der Waals surface area contributed by atoms with E-state index >= 15 is 0 Å². The molecule has 0 spiro atoms. The molecule has 10 rings (SSSR count). The van der Waals surface area contributed by atoms with Crippen molar-refractivity contribution in [1.82, 2.24) is 0 Å². The number of methoxy groups -OCH3 is 3. The zero-order valence-corrected chi connectivity index (χ0v) is 65.2. The van der Waals surface area contributed by atoms with Crippen LogP contribution in [0.4, 0.5) is 0 Å². The van der Waals surface area contributed by atoms with Gasteiger partial charge in [-0.05, 0) is 262 Å². The summed E-state index contributed by atoms with van der Waals surface area (Å²) in [6.45, 7) is 37.4. The number of ether oxygens (including phenoxy) is 3. The second-order valence-electron chi connectivity index (χ2n) is 25.8. The molecule has 0 saturated heterocycles. The van der Waals surface area contributed by atoms with Crippen molar-refractivity contribution in [3.63, 3.8) is 0 Å². The minimum absolute atomic E-state index is 0.0334. The highest BCUT2D eigenvalue weighted by Gasteiger charge is 2.36. The van der Waals surface area contributed by atoms with E-state index in [9.17, 15) is 19.2 Å². The Balaban J connectivity index is 0.000000266. The number of rotatable bonds is 14. The summed E-state index contributed by atoms with van der Waals surface area (Å²) >= 11 is 10.9. The summed E-state index contributed by atoms with van der Waals surface area (Å²) in [4.78, 5) is 47.8. The summed E-state index contributed by atoms with van der Waals surface area (Å²) < 4.78 is 18.4. The maximum absolute atomic E-state index is 12.3. The van der Waals surface area contributed by atoms with E-state index in [-0.39, 0.29) is 37.1 Å². The standard InChI is InChI=1S/C54H57BO6.C22H20BBr3.C8H9BO3/c1-28-34(7)49(35(8)29(2)46(28)40-16-22-43(23-17-40)52(56)59-13)55(50-36(9)30(3)47(31(4)37(50)10)41-18-24-44(25-19-41)53(57)60-14)51-38(11)32(5)48(33(6)39(51)12)42-20-26-45(27-21-42)54(58)61-15;1-13-15(3)22(26)16(4)14(2)21(13)23(17-5-9-19(24)10-6-17)18-7-11-20(25)12-8-18;1-6(10)7-2-4-8(5-3-7)9(11)12/h16-27H,1-15H3;5-12H,1-4H3;2-5,11-12H,1H3. The summed E-state index contributed by atoms with van der Waals surface area (Å²) in [5.74, 6) is -1.10. The van der Waals surface area contributed by atoms with E-state index < -0.39 is 7.12 Å². The predicted molar refractivity (Wildman–Crippen MR) is 423 cm³/mol. The normalized spacial score (nSPS) is 10.8. The molecule has 10 aromatic rings. The Kier molecular flexibility index (Phi) is 25.1. The lowest BCUT2D eigenvalue weighted by Gasteiger charge is -2.33. The number of hydrogen-bond donors (Lipinski definition) is 2. The van der Waals surface area contributed by atoms with Gasteiger partial charge in [0.25, 0.3) is 0 Å². The average Bonchev–Trinajstić information content (AvgIpc) is 0.724. The molecule has 0 unspecified atom stereocenters. The van der Waals surface area contributed by atoms with E-state index in [1.165, 1.54) is 183 Å². The maximum atomic E-state index is 12.3. The fourth-order valence-corrected chi connectivity index (χ4v) is 15.3. The lowest BCUT2D eigenvalue weighted by molar-refractivity contribution is 0.0592. The van der Waals surface area contributed by atoms with Gasteiger partial charge in [0, 0.05) is 19.0 Å². The van der Waals surface area contributed by atoms with Crippen LogP contribution < -0.4 is 38.2 Å². The number of esters is 3. The number of Topliss-reactive ketones (excluding diaryl/α,β-unsaturated/α-hetero) is 1. The molecule has 0 bridgehead atoms. The SMILES string of the molecule is CC(=O)c1ccc(B(O)O)cc1.COC(=O)c1ccc(-c2c(C)c(C)c(B(c3c(C)c(C)c(-c4ccc(C(=O)OC)cc4)c(C)c3C)c3c(C)c(C)c(-c4ccc(C(=O)OC)cc4)c(C)c3C)c(C)c2C)cc1.Cc1c(C)c(B(c2ccc(Br)cc2)c2ccc(Br)cc2)c(C)c(C)c1Br. The summed E-state index contributed by atoms with van der Waals surface area (Å²) in [7, 11) is 2.74. The van der Waals surface area contributed by atoms with Gasteiger partial charge < -0.3 is 24.3 Å². The van der Waals surface area contributed by atoms with Gasteiger partial charge in [-0.25, -0.2) is 14.4 Å². The highest BCUT2D eigenvalue weighted by atomic mass is 79.9. The summed E-state index contributed by atoms with van der Waals surface area (Å²) in [6.07, 6.45) is 0. The van der Waals surface area contributed by atoms with Crippen LogP contribution in [0.25, 0.3) is 33.4 Å². The summed E-state index contributed by atoms with van der Waals surface area (Å²) in [6, 6.07) is 46.7. The minimum atomic E-state index is -1.47.